The number of pyridine rings is 2. The fourth-order valence-corrected chi connectivity index (χ4v) is 6.69. The molecule has 1 amide bonds. The molecule has 2 aliphatic rings. The zero-order valence-corrected chi connectivity index (χ0v) is 26.3. The number of carboxylic acids is 1. The number of anilines is 2. The Hall–Kier alpha value is -4.52. The lowest BCUT2D eigenvalue weighted by Gasteiger charge is -2.34. The number of fused-ring (bicyclic) bond motifs is 1. The summed E-state index contributed by atoms with van der Waals surface area (Å²) in [6.45, 7) is 1.23. The lowest BCUT2D eigenvalue weighted by Crippen LogP contribution is -2.37. The monoisotopic (exact) mass is 650 g/mol. The number of hydrogen-bond acceptors (Lipinski definition) is 7. The van der Waals surface area contributed by atoms with Crippen LogP contribution in [0.5, 0.6) is 0 Å². The van der Waals surface area contributed by atoms with Crippen molar-refractivity contribution in [3.63, 3.8) is 0 Å². The molecule has 0 saturated heterocycles. The van der Waals surface area contributed by atoms with Crippen LogP contribution in [-0.4, -0.2) is 64.2 Å². The number of aromatic amines is 1. The normalized spacial score (nSPS) is 16.0. The fraction of sp³-hybridized carbons (Fsp3) is 0.441. The van der Waals surface area contributed by atoms with Crippen molar-refractivity contribution in [2.75, 3.05) is 37.5 Å². The van der Waals surface area contributed by atoms with Crippen LogP contribution in [0.25, 0.3) is 22.4 Å². The first-order valence-electron chi connectivity index (χ1n) is 15.8. The minimum absolute atomic E-state index is 0.0489. The number of nitrogens with zero attached hydrogens (tertiary/aromatic N) is 4. The third-order valence-electron chi connectivity index (χ3n) is 9.13. The first kappa shape index (κ1) is 32.4. The van der Waals surface area contributed by atoms with Crippen LogP contribution in [-0.2, 0) is 22.1 Å². The van der Waals surface area contributed by atoms with Crippen molar-refractivity contribution >= 4 is 34.7 Å². The average Bonchev–Trinajstić information content (AvgIpc) is 3.65. The highest BCUT2D eigenvalue weighted by atomic mass is 19.4. The largest absolute Gasteiger partial charge is 0.481 e. The molecule has 2 saturated carbocycles. The van der Waals surface area contributed by atoms with E-state index >= 15 is 0 Å². The second-order valence-corrected chi connectivity index (χ2v) is 12.8. The van der Waals surface area contributed by atoms with E-state index in [-0.39, 0.29) is 41.5 Å². The summed E-state index contributed by atoms with van der Waals surface area (Å²) >= 11 is 0. The maximum absolute atomic E-state index is 14.2. The number of carbonyl (C=O) groups is 2. The zero-order valence-electron chi connectivity index (χ0n) is 26.3. The Bertz CT molecular complexity index is 1780. The smallest absolute Gasteiger partial charge is 0.416 e. The number of hydrogen-bond donors (Lipinski definition) is 3. The van der Waals surface area contributed by atoms with Gasteiger partial charge in [-0.05, 0) is 67.3 Å². The maximum Gasteiger partial charge on any atom is 0.416 e. The standard InChI is InChI=1S/C34H37F3N6O4/c1-43(18-33(19-47-2)13-3-4-14-33)27-16-26(22-9-10-23(21-7-8-21)24(15-22)34(35,36)37)39-30-29(27)40-32(41-30)42-31(46)25-11-5-20(17-38-25)6-12-28(44)45/h5,9-11,15-17,21H,3-4,6-8,12-14,18-19H2,1-2H3,(H,44,45)(H2,39,40,41,42,46). The molecule has 3 heterocycles. The van der Waals surface area contributed by atoms with Crippen LogP contribution in [0, 0.1) is 5.41 Å². The summed E-state index contributed by atoms with van der Waals surface area (Å²) in [7, 11) is 3.62. The summed E-state index contributed by atoms with van der Waals surface area (Å²) in [5.74, 6) is -1.44. The Balaban J connectivity index is 1.36. The van der Waals surface area contributed by atoms with E-state index in [0.29, 0.717) is 46.7 Å². The van der Waals surface area contributed by atoms with E-state index in [9.17, 15) is 22.8 Å². The molecule has 3 aromatic heterocycles. The molecule has 0 unspecified atom stereocenters. The quantitative estimate of drug-likeness (QED) is 0.152. The SMILES string of the molecule is COCC1(CN(C)c2cc(-c3ccc(C4CC4)c(C(F)(F)F)c3)nc3nc(NC(=O)c4ccc(CCC(=O)O)cn4)[nH]c23)CCCC1. The van der Waals surface area contributed by atoms with E-state index in [2.05, 4.69) is 30.2 Å². The molecule has 10 nitrogen and oxygen atoms in total. The summed E-state index contributed by atoms with van der Waals surface area (Å²) in [5, 5.41) is 11.6. The van der Waals surface area contributed by atoms with Gasteiger partial charge < -0.3 is 19.7 Å². The number of carbonyl (C=O) groups excluding carboxylic acids is 1. The van der Waals surface area contributed by atoms with Gasteiger partial charge in [0.1, 0.15) is 11.2 Å². The Labute approximate surface area is 269 Å². The Morgan fingerprint density at radius 3 is 2.53 bits per heavy atom. The Morgan fingerprint density at radius 2 is 1.89 bits per heavy atom. The number of H-pyrrole nitrogens is 1. The number of benzene rings is 1. The van der Waals surface area contributed by atoms with Crippen molar-refractivity contribution in [3.8, 4) is 11.3 Å². The van der Waals surface area contributed by atoms with Gasteiger partial charge in [0, 0.05) is 44.3 Å². The van der Waals surface area contributed by atoms with Gasteiger partial charge in [-0.25, -0.2) is 4.98 Å². The number of methoxy groups -OCH3 is 1. The van der Waals surface area contributed by atoms with Crippen LogP contribution in [0.2, 0.25) is 0 Å². The number of ether oxygens (including phenoxy) is 1. The average molecular weight is 651 g/mol. The summed E-state index contributed by atoms with van der Waals surface area (Å²) in [6.07, 6.45) is 2.87. The number of rotatable bonds is 12. The summed E-state index contributed by atoms with van der Waals surface area (Å²) < 4.78 is 48.1. The number of alkyl halides is 3. The molecule has 0 atom stereocenters. The van der Waals surface area contributed by atoms with Crippen molar-refractivity contribution in [1.82, 2.24) is 19.9 Å². The molecular weight excluding hydrogens is 613 g/mol. The second-order valence-electron chi connectivity index (χ2n) is 12.8. The van der Waals surface area contributed by atoms with Gasteiger partial charge in [-0.15, -0.1) is 0 Å². The lowest BCUT2D eigenvalue weighted by molar-refractivity contribution is -0.138. The minimum atomic E-state index is -4.50. The molecule has 6 rings (SSSR count). The Morgan fingerprint density at radius 1 is 1.13 bits per heavy atom. The van der Waals surface area contributed by atoms with Crippen LogP contribution in [0.4, 0.5) is 24.8 Å². The second kappa shape index (κ2) is 12.9. The molecule has 1 aromatic carbocycles. The van der Waals surface area contributed by atoms with Crippen molar-refractivity contribution < 1.29 is 32.6 Å². The van der Waals surface area contributed by atoms with E-state index in [1.807, 2.05) is 7.05 Å². The highest BCUT2D eigenvalue weighted by Crippen LogP contribution is 2.47. The van der Waals surface area contributed by atoms with Gasteiger partial charge in [0.25, 0.3) is 5.91 Å². The van der Waals surface area contributed by atoms with E-state index in [1.165, 1.54) is 18.3 Å². The number of aryl methyl sites for hydroxylation is 1. The molecule has 2 fully saturated rings. The first-order chi connectivity index (χ1) is 22.4. The van der Waals surface area contributed by atoms with Gasteiger partial charge in [-0.2, -0.15) is 18.2 Å². The fourth-order valence-electron chi connectivity index (χ4n) is 6.69. The van der Waals surface area contributed by atoms with Crippen molar-refractivity contribution in [2.45, 2.75) is 63.5 Å². The van der Waals surface area contributed by atoms with Crippen LogP contribution in [0.15, 0.2) is 42.6 Å². The highest BCUT2D eigenvalue weighted by molar-refractivity contribution is 6.03. The van der Waals surface area contributed by atoms with Gasteiger partial charge in [0.2, 0.25) is 5.95 Å². The maximum atomic E-state index is 14.2. The van der Waals surface area contributed by atoms with Crippen LogP contribution in [0.3, 0.4) is 0 Å². The predicted molar refractivity (Wildman–Crippen MR) is 170 cm³/mol. The molecule has 0 spiro atoms. The topological polar surface area (TPSA) is 133 Å². The minimum Gasteiger partial charge on any atom is -0.481 e. The van der Waals surface area contributed by atoms with Crippen molar-refractivity contribution in [1.29, 1.82) is 0 Å². The van der Waals surface area contributed by atoms with Gasteiger partial charge in [-0.3, -0.25) is 19.9 Å². The molecule has 47 heavy (non-hydrogen) atoms. The van der Waals surface area contributed by atoms with Crippen molar-refractivity contribution in [2.24, 2.45) is 5.41 Å². The summed E-state index contributed by atoms with van der Waals surface area (Å²) in [5.41, 5.74) is 2.50. The van der Waals surface area contributed by atoms with Gasteiger partial charge >= 0.3 is 12.1 Å². The first-order valence-corrected chi connectivity index (χ1v) is 15.8. The molecule has 0 bridgehead atoms. The summed E-state index contributed by atoms with van der Waals surface area (Å²) in [4.78, 5) is 42.5. The molecule has 0 aliphatic heterocycles. The third kappa shape index (κ3) is 7.24. The molecule has 4 aromatic rings. The van der Waals surface area contributed by atoms with Crippen LogP contribution >= 0.6 is 0 Å². The van der Waals surface area contributed by atoms with E-state index in [4.69, 9.17) is 9.84 Å². The molecule has 3 N–H and O–H groups in total. The number of halogens is 3. The van der Waals surface area contributed by atoms with Gasteiger partial charge in [0.15, 0.2) is 5.65 Å². The molecule has 0 radical (unpaired) electrons. The Kier molecular flexibility index (Phi) is 8.93. The van der Waals surface area contributed by atoms with E-state index in [0.717, 1.165) is 38.5 Å². The van der Waals surface area contributed by atoms with E-state index < -0.39 is 23.6 Å². The molecule has 13 heteroatoms. The third-order valence-corrected chi connectivity index (χ3v) is 9.13. The van der Waals surface area contributed by atoms with Gasteiger partial charge in [-0.1, -0.05) is 31.0 Å². The van der Waals surface area contributed by atoms with Crippen LogP contribution in [0.1, 0.15) is 78.0 Å². The molecule has 248 valence electrons. The lowest BCUT2D eigenvalue weighted by atomic mass is 9.86. The number of carboxylic acid groups (broad SMARTS) is 1. The summed E-state index contributed by atoms with van der Waals surface area (Å²) in [6, 6.07) is 9.35. The number of amides is 1. The molecular formula is C34H37F3N6O4. The van der Waals surface area contributed by atoms with Crippen molar-refractivity contribution in [3.05, 3.63) is 65.0 Å². The van der Waals surface area contributed by atoms with E-state index in [1.54, 1.807) is 31.4 Å². The zero-order chi connectivity index (χ0) is 33.3. The highest BCUT2D eigenvalue weighted by Gasteiger charge is 2.39. The molecule has 2 aliphatic carbocycles. The van der Waals surface area contributed by atoms with Crippen LogP contribution < -0.4 is 10.2 Å². The number of imidazole rings is 1. The number of aromatic nitrogens is 4. The van der Waals surface area contributed by atoms with Gasteiger partial charge in [0.05, 0.1) is 23.6 Å². The predicted octanol–water partition coefficient (Wildman–Crippen LogP) is 6.83. The number of aliphatic carboxylic acids is 1. The number of nitrogens with one attached hydrogen (secondary N) is 2.